The van der Waals surface area contributed by atoms with Crippen molar-refractivity contribution in [2.45, 2.75) is 63.6 Å². The number of rotatable bonds is 10. The number of hydrogen-bond acceptors (Lipinski definition) is 14. The van der Waals surface area contributed by atoms with Gasteiger partial charge in [0.1, 0.15) is 17.6 Å². The van der Waals surface area contributed by atoms with Crippen molar-refractivity contribution in [2.24, 2.45) is 4.58 Å². The van der Waals surface area contributed by atoms with E-state index >= 15 is 0 Å². The summed E-state index contributed by atoms with van der Waals surface area (Å²) in [6.07, 6.45) is -3.13. The van der Waals surface area contributed by atoms with Crippen LogP contribution in [0.1, 0.15) is 34.1 Å². The first-order valence-electron chi connectivity index (χ1n) is 9.46. The summed E-state index contributed by atoms with van der Waals surface area (Å²) in [6.45, 7) is 6.53. The average molecular weight is 459 g/mol. The molecule has 0 unspecified atom stereocenters. The molecule has 0 aromatic carbocycles. The molecular weight excluding hydrogens is 434 g/mol. The molecule has 1 fully saturated rings. The Morgan fingerprint density at radius 2 is 2.13 bits per heavy atom. The second-order valence-electron chi connectivity index (χ2n) is 6.60. The van der Waals surface area contributed by atoms with Crippen LogP contribution in [0.25, 0.3) is 0 Å². The molecule has 0 spiro atoms. The number of nitroso groups, excluding NO2 is 1. The summed E-state index contributed by atoms with van der Waals surface area (Å²) in [6, 6.07) is 0. The molecule has 0 saturated carbocycles. The molecule has 1 aromatic heterocycles. The van der Waals surface area contributed by atoms with Gasteiger partial charge < -0.3 is 34.7 Å². The quantitative estimate of drug-likeness (QED) is 0.296. The van der Waals surface area contributed by atoms with Crippen molar-refractivity contribution in [3.05, 3.63) is 4.91 Å². The van der Waals surface area contributed by atoms with Crippen LogP contribution in [0.2, 0.25) is 0 Å². The zero-order chi connectivity index (χ0) is 23.0. The minimum absolute atomic E-state index is 0.0699. The number of ether oxygens (including phenoxy) is 5. The van der Waals surface area contributed by atoms with Crippen molar-refractivity contribution in [2.75, 3.05) is 24.3 Å². The zero-order valence-corrected chi connectivity index (χ0v) is 18.3. The molecule has 1 aliphatic rings. The number of nitrogens with one attached hydrogen (secondary N) is 1. The van der Waals surface area contributed by atoms with E-state index in [1.54, 1.807) is 20.8 Å². The van der Waals surface area contributed by atoms with Crippen molar-refractivity contribution in [1.29, 1.82) is 0 Å². The number of nitrogens with two attached hydrogens (primary N) is 1. The molecule has 31 heavy (non-hydrogen) atoms. The fourth-order valence-corrected chi connectivity index (χ4v) is 3.16. The Morgan fingerprint density at radius 1 is 1.39 bits per heavy atom. The number of aromatic nitrogens is 2. The van der Waals surface area contributed by atoms with E-state index in [9.17, 15) is 14.5 Å². The highest BCUT2D eigenvalue weighted by molar-refractivity contribution is 7.98. The molecule has 14 heteroatoms. The zero-order valence-electron chi connectivity index (χ0n) is 17.5. The van der Waals surface area contributed by atoms with Gasteiger partial charge in [-0.1, -0.05) is 0 Å². The highest BCUT2D eigenvalue weighted by Gasteiger charge is 2.39. The van der Waals surface area contributed by atoms with Crippen LogP contribution < -0.4 is 15.8 Å². The third kappa shape index (κ3) is 7.40. The Labute approximate surface area is 182 Å². The number of carbonyl (C=O) groups is 2. The lowest BCUT2D eigenvalue weighted by Crippen LogP contribution is -2.34. The van der Waals surface area contributed by atoms with Gasteiger partial charge in [0.15, 0.2) is 12.0 Å². The molecule has 2 heterocycles. The molecule has 1 aromatic rings. The highest BCUT2D eigenvalue weighted by atomic mass is 32.2. The van der Waals surface area contributed by atoms with E-state index in [1.165, 1.54) is 6.92 Å². The van der Waals surface area contributed by atoms with Crippen molar-refractivity contribution < 1.29 is 33.3 Å². The van der Waals surface area contributed by atoms with Gasteiger partial charge in [-0.2, -0.15) is 9.97 Å². The molecule has 0 bridgehead atoms. The number of esters is 1. The van der Waals surface area contributed by atoms with Crippen LogP contribution in [0, 0.1) is 4.91 Å². The second-order valence-corrected chi connectivity index (χ2v) is 7.34. The van der Waals surface area contributed by atoms with Crippen molar-refractivity contribution in [1.82, 2.24) is 9.97 Å². The summed E-state index contributed by atoms with van der Waals surface area (Å²) >= 11 is 0.548. The third-order valence-corrected chi connectivity index (χ3v) is 4.37. The minimum Gasteiger partial charge on any atom is -0.477 e. The van der Waals surface area contributed by atoms with Gasteiger partial charge in [0, 0.05) is 17.9 Å². The number of hydrogen-bond donors (Lipinski definition) is 2. The fraction of sp³-hybridized carbons (Fsp3) is 0.647. The smallest absolute Gasteiger partial charge is 0.477 e. The Bertz CT molecular complexity index is 796. The van der Waals surface area contributed by atoms with Crippen LogP contribution in [0.15, 0.2) is 9.48 Å². The van der Waals surface area contributed by atoms with Gasteiger partial charge in [-0.05, 0) is 20.8 Å². The number of anilines is 2. The second kappa shape index (κ2) is 11.5. The van der Waals surface area contributed by atoms with Gasteiger partial charge in [0.2, 0.25) is 11.8 Å². The van der Waals surface area contributed by atoms with Crippen LogP contribution in [0.3, 0.4) is 0 Å². The number of nitrogens with zero attached hydrogens (tertiary/aromatic N) is 3. The van der Waals surface area contributed by atoms with E-state index in [4.69, 9.17) is 29.4 Å². The van der Waals surface area contributed by atoms with Gasteiger partial charge in [-0.25, -0.2) is 4.79 Å². The third-order valence-electron chi connectivity index (χ3n) is 3.75. The van der Waals surface area contributed by atoms with E-state index in [2.05, 4.69) is 19.9 Å². The van der Waals surface area contributed by atoms with Crippen molar-refractivity contribution in [3.63, 3.8) is 0 Å². The molecule has 2 rings (SSSR count). The fourth-order valence-electron chi connectivity index (χ4n) is 2.71. The maximum atomic E-state index is 11.6. The topological polar surface area (TPSA) is 174 Å². The lowest BCUT2D eigenvalue weighted by atomic mass is 10.2. The lowest BCUT2D eigenvalue weighted by molar-refractivity contribution is -0.148. The van der Waals surface area contributed by atoms with Crippen LogP contribution >= 0.6 is 11.9 Å². The van der Waals surface area contributed by atoms with Crippen LogP contribution in [-0.4, -0.2) is 59.8 Å². The largest absolute Gasteiger partial charge is 0.508 e. The summed E-state index contributed by atoms with van der Waals surface area (Å²) in [4.78, 5) is 42.2. The lowest BCUT2D eigenvalue weighted by Gasteiger charge is -2.21. The van der Waals surface area contributed by atoms with E-state index in [-0.39, 0.29) is 48.3 Å². The van der Waals surface area contributed by atoms with Crippen LogP contribution in [0.4, 0.5) is 16.6 Å². The normalized spacial score (nSPS) is 20.2. The Morgan fingerprint density at radius 3 is 2.74 bits per heavy atom. The molecule has 3 atom stereocenters. The van der Waals surface area contributed by atoms with Gasteiger partial charge in [0.25, 0.3) is 0 Å². The van der Waals surface area contributed by atoms with Gasteiger partial charge in [-0.3, -0.25) is 4.79 Å². The molecule has 1 aliphatic heterocycles. The summed E-state index contributed by atoms with van der Waals surface area (Å²) in [7, 11) is 0. The first-order chi connectivity index (χ1) is 14.7. The maximum absolute atomic E-state index is 11.6. The minimum atomic E-state index is -0.881. The first kappa shape index (κ1) is 24.4. The predicted octanol–water partition coefficient (Wildman–Crippen LogP) is 2.25. The Kier molecular flexibility index (Phi) is 9.05. The number of carbonyl (C=O) groups excluding carboxylic acids is 2. The standard InChI is InChI=1S/C17H25N5O8S/c1-5-26-15-12(31-22-25)13(20-16(18)21-15)19-14-11(29-9(4)23)6-10(30-14)7-27-17(24)28-8(2)3/h8,10-11,14H,5-7H2,1-4H3,(H3,18,19,20,21)/t10-,11+,14+/m0/s1. The van der Waals surface area contributed by atoms with Crippen LogP contribution in [0.5, 0.6) is 5.88 Å². The molecule has 3 N–H and O–H groups in total. The summed E-state index contributed by atoms with van der Waals surface area (Å²) in [5.41, 5.74) is 5.73. The molecular formula is C17H25N5O8S. The van der Waals surface area contributed by atoms with Gasteiger partial charge in [0.05, 0.1) is 30.8 Å². The van der Waals surface area contributed by atoms with Gasteiger partial charge in [-0.15, -0.1) is 4.91 Å². The average Bonchev–Trinajstić information content (AvgIpc) is 3.03. The number of nitrogen functional groups attached to an aromatic ring is 1. The van der Waals surface area contributed by atoms with E-state index in [0.29, 0.717) is 11.9 Å². The SMILES string of the molecule is CCOc1nc(N)nc(N[C@@H]2O[C@H](COC(=O)OC(C)C)C[C@H]2OC(C)=O)c1SN=O. The molecule has 0 aliphatic carbocycles. The van der Waals surface area contributed by atoms with Crippen molar-refractivity contribution in [3.8, 4) is 5.88 Å². The highest BCUT2D eigenvalue weighted by Crippen LogP contribution is 2.36. The predicted molar refractivity (Wildman–Crippen MR) is 109 cm³/mol. The van der Waals surface area contributed by atoms with Crippen molar-refractivity contribution >= 4 is 35.8 Å². The maximum Gasteiger partial charge on any atom is 0.508 e. The molecule has 0 radical (unpaired) electrons. The monoisotopic (exact) mass is 459 g/mol. The molecule has 1 saturated heterocycles. The van der Waals surface area contributed by atoms with Gasteiger partial charge >= 0.3 is 12.1 Å². The molecule has 172 valence electrons. The summed E-state index contributed by atoms with van der Waals surface area (Å²) in [5, 5.41) is 2.94. The van der Waals surface area contributed by atoms with E-state index in [0.717, 1.165) is 0 Å². The van der Waals surface area contributed by atoms with E-state index in [1.807, 2.05) is 0 Å². The summed E-state index contributed by atoms with van der Waals surface area (Å²) < 4.78 is 29.3. The van der Waals surface area contributed by atoms with Crippen LogP contribution in [-0.2, 0) is 23.7 Å². The molecule has 13 nitrogen and oxygen atoms in total. The first-order valence-corrected chi connectivity index (χ1v) is 10.2. The summed E-state index contributed by atoms with van der Waals surface area (Å²) in [5.74, 6) is -0.453. The van der Waals surface area contributed by atoms with E-state index < -0.39 is 30.6 Å². The molecule has 0 amide bonds. The Balaban J connectivity index is 2.17. The Hall–Kier alpha value is -2.87.